The first-order valence-electron chi connectivity index (χ1n) is 8.84. The minimum Gasteiger partial charge on any atom is -0.492 e. The van der Waals surface area contributed by atoms with Gasteiger partial charge in [0.25, 0.3) is 5.91 Å². The quantitative estimate of drug-likeness (QED) is 0.672. The zero-order valence-corrected chi connectivity index (χ0v) is 16.8. The predicted molar refractivity (Wildman–Crippen MR) is 102 cm³/mol. The third-order valence-electron chi connectivity index (χ3n) is 3.94. The van der Waals surface area contributed by atoms with Gasteiger partial charge < -0.3 is 19.5 Å². The van der Waals surface area contributed by atoms with E-state index in [-0.39, 0.29) is 11.5 Å². The van der Waals surface area contributed by atoms with Gasteiger partial charge in [0.05, 0.1) is 13.7 Å². The highest BCUT2D eigenvalue weighted by Gasteiger charge is 2.34. The minimum absolute atomic E-state index is 0.264. The number of carbonyl (C=O) groups excluding carboxylic acids is 2. The number of hydrogen-bond acceptors (Lipinski definition) is 5. The van der Waals surface area contributed by atoms with Crippen LogP contribution in [0.4, 0.5) is 5.69 Å². The second kappa shape index (κ2) is 9.57. The normalized spacial score (nSPS) is 13.4. The molecule has 0 saturated heterocycles. The molecule has 0 radical (unpaired) electrons. The van der Waals surface area contributed by atoms with Crippen molar-refractivity contribution in [3.8, 4) is 5.75 Å². The van der Waals surface area contributed by atoms with Crippen molar-refractivity contribution in [1.29, 1.82) is 0 Å². The number of rotatable bonds is 9. The van der Waals surface area contributed by atoms with Gasteiger partial charge in [-0.15, -0.1) is 0 Å². The van der Waals surface area contributed by atoms with Crippen LogP contribution in [-0.2, 0) is 14.3 Å². The maximum atomic E-state index is 12.7. The van der Waals surface area contributed by atoms with Crippen LogP contribution in [0.2, 0.25) is 0 Å². The van der Waals surface area contributed by atoms with E-state index in [0.29, 0.717) is 36.3 Å². The Bertz CT molecular complexity index is 627. The lowest BCUT2D eigenvalue weighted by Gasteiger charge is -2.28. The van der Waals surface area contributed by atoms with Crippen molar-refractivity contribution in [2.45, 2.75) is 46.6 Å². The number of methoxy groups -OCH3 is 2. The lowest BCUT2D eigenvalue weighted by Crippen LogP contribution is -2.43. The Morgan fingerprint density at radius 3 is 2.27 bits per heavy atom. The zero-order valence-electron chi connectivity index (χ0n) is 16.8. The van der Waals surface area contributed by atoms with E-state index in [9.17, 15) is 9.59 Å². The molecule has 0 aliphatic heterocycles. The molecule has 1 N–H and O–H groups in total. The van der Waals surface area contributed by atoms with Gasteiger partial charge in [-0.1, -0.05) is 27.7 Å². The lowest BCUT2D eigenvalue weighted by atomic mass is 9.93. The number of nitrogens with one attached hydrogen (secondary N) is 1. The Kier molecular flexibility index (Phi) is 8.08. The topological polar surface area (TPSA) is 73.9 Å². The van der Waals surface area contributed by atoms with Gasteiger partial charge in [-0.05, 0) is 43.4 Å². The first kappa shape index (κ1) is 22.0. The van der Waals surface area contributed by atoms with Crippen molar-refractivity contribution in [2.75, 3.05) is 26.1 Å². The molecule has 146 valence electrons. The van der Waals surface area contributed by atoms with E-state index in [1.54, 1.807) is 25.1 Å². The molecule has 1 amide bonds. The summed E-state index contributed by atoms with van der Waals surface area (Å²) in [4.78, 5) is 24.7. The highest BCUT2D eigenvalue weighted by atomic mass is 16.5. The third-order valence-corrected chi connectivity index (χ3v) is 3.94. The molecule has 0 unspecified atom stereocenters. The lowest BCUT2D eigenvalue weighted by molar-refractivity contribution is -0.137. The van der Waals surface area contributed by atoms with Crippen molar-refractivity contribution in [3.05, 3.63) is 23.8 Å². The van der Waals surface area contributed by atoms with Gasteiger partial charge in [-0.25, -0.2) is 4.79 Å². The van der Waals surface area contributed by atoms with E-state index in [0.717, 1.165) is 0 Å². The number of esters is 1. The van der Waals surface area contributed by atoms with Crippen molar-refractivity contribution in [2.24, 2.45) is 11.8 Å². The molecule has 1 atom stereocenters. The highest BCUT2D eigenvalue weighted by molar-refractivity contribution is 5.99. The summed E-state index contributed by atoms with van der Waals surface area (Å²) in [5, 5.41) is 2.82. The number of hydrogen-bond donors (Lipinski definition) is 1. The fourth-order valence-corrected chi connectivity index (χ4v) is 2.57. The van der Waals surface area contributed by atoms with Crippen LogP contribution in [-0.4, -0.2) is 38.3 Å². The zero-order chi connectivity index (χ0) is 19.9. The van der Waals surface area contributed by atoms with Gasteiger partial charge in [-0.3, -0.25) is 4.79 Å². The van der Waals surface area contributed by atoms with Gasteiger partial charge in [0, 0.05) is 12.8 Å². The molecule has 6 heteroatoms. The molecule has 0 aromatic heterocycles. The van der Waals surface area contributed by atoms with Crippen molar-refractivity contribution >= 4 is 17.6 Å². The van der Waals surface area contributed by atoms with Crippen LogP contribution in [0, 0.1) is 11.8 Å². The van der Waals surface area contributed by atoms with E-state index >= 15 is 0 Å². The maximum absolute atomic E-state index is 12.7. The third kappa shape index (κ3) is 6.02. The summed E-state index contributed by atoms with van der Waals surface area (Å²) in [6.07, 6.45) is 0.578. The van der Waals surface area contributed by atoms with Crippen LogP contribution in [0.5, 0.6) is 5.75 Å². The molecule has 0 bridgehead atoms. The number of anilines is 1. The fraction of sp³-hybridized carbons (Fsp3) is 0.600. The monoisotopic (exact) mass is 365 g/mol. The first-order chi connectivity index (χ1) is 12.1. The first-order valence-corrected chi connectivity index (χ1v) is 8.84. The predicted octanol–water partition coefficient (Wildman–Crippen LogP) is 3.90. The Morgan fingerprint density at radius 1 is 1.12 bits per heavy atom. The highest BCUT2D eigenvalue weighted by Crippen LogP contribution is 2.27. The largest absolute Gasteiger partial charge is 0.492 e. The summed E-state index contributed by atoms with van der Waals surface area (Å²) in [6, 6.07) is 4.92. The van der Waals surface area contributed by atoms with Crippen molar-refractivity contribution < 1.29 is 23.8 Å². The van der Waals surface area contributed by atoms with Gasteiger partial charge in [0.2, 0.25) is 0 Å². The molecule has 1 rings (SSSR count). The van der Waals surface area contributed by atoms with Crippen LogP contribution in [0.25, 0.3) is 0 Å². The Labute approximate surface area is 156 Å². The summed E-state index contributed by atoms with van der Waals surface area (Å²) in [5.74, 6) is 0.263. The van der Waals surface area contributed by atoms with Gasteiger partial charge >= 0.3 is 5.97 Å². The molecule has 0 aliphatic rings. The summed E-state index contributed by atoms with van der Waals surface area (Å²) < 4.78 is 16.0. The molecule has 0 aliphatic carbocycles. The molecule has 0 spiro atoms. The molecule has 0 fully saturated rings. The number of amides is 1. The summed E-state index contributed by atoms with van der Waals surface area (Å²) in [5.41, 5.74) is -0.194. The van der Waals surface area contributed by atoms with Crippen LogP contribution in [0.15, 0.2) is 18.2 Å². The Hall–Kier alpha value is -2.08. The standard InChI is InChI=1S/C20H31NO5/c1-13(2)11-20(5,25-7)19(23)21-15-8-9-17(26-12-14(3)4)16(10-15)18(22)24-6/h8-10,13-14H,11-12H2,1-7H3,(H,21,23)/t20-/m0/s1. The van der Waals surface area contributed by atoms with E-state index in [2.05, 4.69) is 5.32 Å². The van der Waals surface area contributed by atoms with Crippen LogP contribution < -0.4 is 10.1 Å². The second-order valence-electron chi connectivity index (χ2n) is 7.39. The molecule has 0 saturated carbocycles. The van der Waals surface area contributed by atoms with Crippen molar-refractivity contribution in [1.82, 2.24) is 0 Å². The molecule has 1 aromatic carbocycles. The van der Waals surface area contributed by atoms with Crippen LogP contribution in [0.3, 0.4) is 0 Å². The number of benzene rings is 1. The molecule has 0 heterocycles. The summed E-state index contributed by atoms with van der Waals surface area (Å²) >= 11 is 0. The molecule has 1 aromatic rings. The van der Waals surface area contributed by atoms with Gasteiger partial charge in [0.1, 0.15) is 16.9 Å². The Balaban J connectivity index is 3.06. The smallest absolute Gasteiger partial charge is 0.341 e. The van der Waals surface area contributed by atoms with E-state index in [1.807, 2.05) is 27.7 Å². The second-order valence-corrected chi connectivity index (χ2v) is 7.39. The minimum atomic E-state index is -0.952. The molecular weight excluding hydrogens is 334 g/mol. The fourth-order valence-electron chi connectivity index (χ4n) is 2.57. The summed E-state index contributed by atoms with van der Waals surface area (Å²) in [7, 11) is 2.83. The number of ether oxygens (including phenoxy) is 3. The SMILES string of the molecule is COC(=O)c1cc(NC(=O)[C@](C)(CC(C)C)OC)ccc1OCC(C)C. The Morgan fingerprint density at radius 2 is 1.77 bits per heavy atom. The van der Waals surface area contributed by atoms with Crippen LogP contribution >= 0.6 is 0 Å². The molecular formula is C20H31NO5. The maximum Gasteiger partial charge on any atom is 0.341 e. The average Bonchev–Trinajstić information content (AvgIpc) is 2.58. The average molecular weight is 365 g/mol. The summed E-state index contributed by atoms with van der Waals surface area (Å²) in [6.45, 7) is 10.3. The van der Waals surface area contributed by atoms with E-state index < -0.39 is 11.6 Å². The van der Waals surface area contributed by atoms with E-state index in [1.165, 1.54) is 14.2 Å². The van der Waals surface area contributed by atoms with E-state index in [4.69, 9.17) is 14.2 Å². The van der Waals surface area contributed by atoms with Gasteiger partial charge in [-0.2, -0.15) is 0 Å². The van der Waals surface area contributed by atoms with Crippen LogP contribution in [0.1, 0.15) is 51.4 Å². The molecule has 6 nitrogen and oxygen atoms in total. The van der Waals surface area contributed by atoms with Gasteiger partial charge in [0.15, 0.2) is 0 Å². The number of carbonyl (C=O) groups is 2. The molecule has 26 heavy (non-hydrogen) atoms. The van der Waals surface area contributed by atoms with Crippen molar-refractivity contribution in [3.63, 3.8) is 0 Å².